The largest absolute Gasteiger partial charge is 0.330 e. The van der Waals surface area contributed by atoms with Crippen LogP contribution in [0.3, 0.4) is 0 Å². The van der Waals surface area contributed by atoms with Crippen LogP contribution in [0.25, 0.3) is 0 Å². The molecule has 1 aliphatic carbocycles. The summed E-state index contributed by atoms with van der Waals surface area (Å²) >= 11 is 0. The van der Waals surface area contributed by atoms with Crippen LogP contribution >= 0.6 is 0 Å². The molecule has 15 heavy (non-hydrogen) atoms. The fraction of sp³-hybridized carbons (Fsp3) is 0.571. The van der Waals surface area contributed by atoms with Gasteiger partial charge in [0, 0.05) is 0 Å². The third-order valence-electron chi connectivity index (χ3n) is 3.71. The zero-order valence-electron chi connectivity index (χ0n) is 9.36. The molecule has 1 saturated carbocycles. The Hall–Kier alpha value is -0.820. The smallest absolute Gasteiger partial charge is 0.00461 e. The van der Waals surface area contributed by atoms with Gasteiger partial charge in [-0.05, 0) is 43.2 Å². The maximum Gasteiger partial charge on any atom is -0.00461 e. The van der Waals surface area contributed by atoms with Gasteiger partial charge in [0.1, 0.15) is 0 Å². The molecule has 1 nitrogen and oxygen atoms in total. The van der Waals surface area contributed by atoms with E-state index in [0.717, 1.165) is 18.4 Å². The van der Waals surface area contributed by atoms with Gasteiger partial charge in [-0.3, -0.25) is 0 Å². The van der Waals surface area contributed by atoms with Crippen molar-refractivity contribution in [3.8, 4) is 0 Å². The molecule has 1 aromatic rings. The van der Waals surface area contributed by atoms with Crippen molar-refractivity contribution in [1.82, 2.24) is 0 Å². The van der Waals surface area contributed by atoms with Crippen molar-refractivity contribution < 1.29 is 0 Å². The van der Waals surface area contributed by atoms with E-state index >= 15 is 0 Å². The van der Waals surface area contributed by atoms with Crippen LogP contribution in [-0.2, 0) is 6.42 Å². The summed E-state index contributed by atoms with van der Waals surface area (Å²) in [6.45, 7) is 0.873. The quantitative estimate of drug-likeness (QED) is 0.803. The monoisotopic (exact) mass is 203 g/mol. The van der Waals surface area contributed by atoms with Gasteiger partial charge in [0.15, 0.2) is 0 Å². The van der Waals surface area contributed by atoms with Crippen molar-refractivity contribution in [3.05, 3.63) is 35.9 Å². The lowest BCUT2D eigenvalue weighted by Crippen LogP contribution is -2.28. The van der Waals surface area contributed by atoms with Crippen molar-refractivity contribution >= 4 is 0 Å². The van der Waals surface area contributed by atoms with Crippen LogP contribution in [0.5, 0.6) is 0 Å². The highest BCUT2D eigenvalue weighted by Crippen LogP contribution is 2.31. The van der Waals surface area contributed by atoms with Gasteiger partial charge in [0.25, 0.3) is 0 Å². The minimum Gasteiger partial charge on any atom is -0.330 e. The Morgan fingerprint density at radius 3 is 2.33 bits per heavy atom. The molecule has 0 heterocycles. The second-order valence-corrected chi connectivity index (χ2v) is 4.73. The molecule has 1 aliphatic rings. The minimum absolute atomic E-state index is 0.763. The lowest BCUT2D eigenvalue weighted by atomic mass is 9.76. The first-order valence-electron chi connectivity index (χ1n) is 6.14. The van der Waals surface area contributed by atoms with Gasteiger partial charge in [-0.25, -0.2) is 0 Å². The summed E-state index contributed by atoms with van der Waals surface area (Å²) in [5.74, 6) is 1.59. The summed E-state index contributed by atoms with van der Waals surface area (Å²) in [6.07, 6.45) is 6.72. The Morgan fingerprint density at radius 1 is 1.00 bits per heavy atom. The Bertz CT molecular complexity index is 281. The molecule has 0 bridgehead atoms. The molecule has 0 saturated heterocycles. The highest BCUT2D eigenvalue weighted by atomic mass is 14.6. The van der Waals surface area contributed by atoms with Gasteiger partial charge in [-0.1, -0.05) is 43.2 Å². The summed E-state index contributed by atoms with van der Waals surface area (Å²) in [5.41, 5.74) is 7.32. The first-order chi connectivity index (χ1) is 7.40. The third kappa shape index (κ3) is 2.82. The molecule has 1 heteroatoms. The molecule has 2 rings (SSSR count). The van der Waals surface area contributed by atoms with Crippen LogP contribution in [0.4, 0.5) is 0 Å². The van der Waals surface area contributed by atoms with E-state index in [-0.39, 0.29) is 0 Å². The van der Waals surface area contributed by atoms with E-state index in [1.807, 2.05) is 0 Å². The second kappa shape index (κ2) is 5.32. The second-order valence-electron chi connectivity index (χ2n) is 4.73. The van der Waals surface area contributed by atoms with Crippen LogP contribution in [0.1, 0.15) is 31.2 Å². The third-order valence-corrected chi connectivity index (χ3v) is 3.71. The van der Waals surface area contributed by atoms with Crippen molar-refractivity contribution in [2.24, 2.45) is 17.6 Å². The average molecular weight is 203 g/mol. The molecule has 2 atom stereocenters. The molecular weight excluding hydrogens is 182 g/mol. The lowest BCUT2D eigenvalue weighted by molar-refractivity contribution is 0.242. The predicted molar refractivity (Wildman–Crippen MR) is 64.6 cm³/mol. The van der Waals surface area contributed by atoms with Gasteiger partial charge in [-0.15, -0.1) is 0 Å². The van der Waals surface area contributed by atoms with E-state index in [2.05, 4.69) is 30.3 Å². The fourth-order valence-corrected chi connectivity index (χ4v) is 2.78. The van der Waals surface area contributed by atoms with Crippen molar-refractivity contribution in [1.29, 1.82) is 0 Å². The Morgan fingerprint density at radius 2 is 1.67 bits per heavy atom. The van der Waals surface area contributed by atoms with Crippen molar-refractivity contribution in [3.63, 3.8) is 0 Å². The van der Waals surface area contributed by atoms with Gasteiger partial charge in [-0.2, -0.15) is 0 Å². The highest BCUT2D eigenvalue weighted by Gasteiger charge is 2.23. The van der Waals surface area contributed by atoms with Gasteiger partial charge in [0.05, 0.1) is 0 Å². The summed E-state index contributed by atoms with van der Waals surface area (Å²) in [7, 11) is 0. The molecule has 2 unspecified atom stereocenters. The van der Waals surface area contributed by atoms with Crippen LogP contribution in [0.2, 0.25) is 0 Å². The van der Waals surface area contributed by atoms with Crippen LogP contribution in [0, 0.1) is 11.8 Å². The van der Waals surface area contributed by atoms with E-state index in [1.165, 1.54) is 37.7 Å². The number of rotatable bonds is 3. The first kappa shape index (κ1) is 10.7. The zero-order valence-corrected chi connectivity index (χ0v) is 9.36. The SMILES string of the molecule is NCC1CCCCC1Cc1ccccc1. The maximum absolute atomic E-state index is 5.85. The summed E-state index contributed by atoms with van der Waals surface area (Å²) in [5, 5.41) is 0. The summed E-state index contributed by atoms with van der Waals surface area (Å²) < 4.78 is 0. The molecule has 0 radical (unpaired) electrons. The average Bonchev–Trinajstić information content (AvgIpc) is 2.31. The normalized spacial score (nSPS) is 26.5. The van der Waals surface area contributed by atoms with Gasteiger partial charge >= 0.3 is 0 Å². The fourth-order valence-electron chi connectivity index (χ4n) is 2.78. The topological polar surface area (TPSA) is 26.0 Å². The number of nitrogens with two attached hydrogens (primary N) is 1. The van der Waals surface area contributed by atoms with E-state index in [9.17, 15) is 0 Å². The molecule has 0 aliphatic heterocycles. The molecule has 1 aromatic carbocycles. The van der Waals surface area contributed by atoms with E-state index in [0.29, 0.717) is 0 Å². The Kier molecular flexibility index (Phi) is 3.79. The number of hydrogen-bond acceptors (Lipinski definition) is 1. The highest BCUT2D eigenvalue weighted by molar-refractivity contribution is 5.15. The molecular formula is C14H21N. The zero-order chi connectivity index (χ0) is 10.5. The van der Waals surface area contributed by atoms with Crippen LogP contribution < -0.4 is 5.73 Å². The molecule has 2 N–H and O–H groups in total. The van der Waals surface area contributed by atoms with Crippen molar-refractivity contribution in [2.45, 2.75) is 32.1 Å². The molecule has 0 spiro atoms. The van der Waals surface area contributed by atoms with E-state index in [4.69, 9.17) is 5.73 Å². The first-order valence-corrected chi connectivity index (χ1v) is 6.14. The van der Waals surface area contributed by atoms with Gasteiger partial charge in [0.2, 0.25) is 0 Å². The van der Waals surface area contributed by atoms with Crippen molar-refractivity contribution in [2.75, 3.05) is 6.54 Å². The summed E-state index contributed by atoms with van der Waals surface area (Å²) in [6, 6.07) is 10.8. The lowest BCUT2D eigenvalue weighted by Gasteiger charge is -2.30. The summed E-state index contributed by atoms with van der Waals surface area (Å²) in [4.78, 5) is 0. The molecule has 0 aromatic heterocycles. The Balaban J connectivity index is 1.97. The number of hydrogen-bond donors (Lipinski definition) is 1. The predicted octanol–water partition coefficient (Wildman–Crippen LogP) is 2.99. The molecule has 0 amide bonds. The molecule has 82 valence electrons. The van der Waals surface area contributed by atoms with Gasteiger partial charge < -0.3 is 5.73 Å². The van der Waals surface area contributed by atoms with Crippen LogP contribution in [0.15, 0.2) is 30.3 Å². The minimum atomic E-state index is 0.763. The van der Waals surface area contributed by atoms with Crippen LogP contribution in [-0.4, -0.2) is 6.54 Å². The molecule has 1 fully saturated rings. The number of benzene rings is 1. The van der Waals surface area contributed by atoms with E-state index in [1.54, 1.807) is 0 Å². The standard InChI is InChI=1S/C14H21N/c15-11-14-9-5-4-8-13(14)10-12-6-2-1-3-7-12/h1-3,6-7,13-14H,4-5,8-11,15H2. The maximum atomic E-state index is 5.85. The van der Waals surface area contributed by atoms with E-state index < -0.39 is 0 Å². The Labute approximate surface area is 92.7 Å².